The van der Waals surface area contributed by atoms with Crippen molar-refractivity contribution in [3.63, 3.8) is 0 Å². The van der Waals surface area contributed by atoms with Gasteiger partial charge in [0.15, 0.2) is 5.84 Å². The number of hydrogen-bond acceptors (Lipinski definition) is 7. The van der Waals surface area contributed by atoms with E-state index in [1.54, 1.807) is 22.4 Å². The van der Waals surface area contributed by atoms with E-state index in [1.807, 2.05) is 0 Å². The van der Waals surface area contributed by atoms with Crippen LogP contribution in [0.25, 0.3) is 10.4 Å². The minimum atomic E-state index is -4.22. The number of benzene rings is 1. The van der Waals surface area contributed by atoms with E-state index in [1.165, 1.54) is 12.1 Å². The van der Waals surface area contributed by atoms with Gasteiger partial charge in [-0.2, -0.15) is 8.42 Å². The summed E-state index contributed by atoms with van der Waals surface area (Å²) >= 11 is 1.09. The van der Waals surface area contributed by atoms with Gasteiger partial charge in [0.25, 0.3) is 15.9 Å². The van der Waals surface area contributed by atoms with E-state index >= 15 is 0 Å². The molecular weight excluding hydrogens is 507 g/mol. The normalized spacial score (nSPS) is 27.8. The Bertz CT molecular complexity index is 1490. The van der Waals surface area contributed by atoms with Crippen molar-refractivity contribution >= 4 is 38.1 Å². The van der Waals surface area contributed by atoms with Crippen LogP contribution in [0.3, 0.4) is 0 Å². The van der Waals surface area contributed by atoms with E-state index in [0.29, 0.717) is 5.56 Å². The fourth-order valence-corrected chi connectivity index (χ4v) is 8.80. The Morgan fingerprint density at radius 3 is 2.78 bits per heavy atom. The van der Waals surface area contributed by atoms with Gasteiger partial charge in [0.1, 0.15) is 27.0 Å². The number of aliphatic hydroxyl groups excluding tert-OH is 1. The van der Waals surface area contributed by atoms with E-state index in [-0.39, 0.29) is 69.8 Å². The number of hydrogen-bond donors (Lipinski definition) is 2. The number of thiophene rings is 1. The molecular formula is C23H21FN6O4S2. The third-order valence-electron chi connectivity index (χ3n) is 7.60. The van der Waals surface area contributed by atoms with E-state index < -0.39 is 15.9 Å². The highest BCUT2D eigenvalue weighted by Crippen LogP contribution is 2.55. The maximum absolute atomic E-state index is 13.9. The standard InChI is InChI=1S/C23H21FN6O4S2/c24-15-5-1-11(2-6-15)9-30-18-13-4-3-12(7-13)16(18)19(31)17(23(30)32)21-27-22-20(36(33,34)28-21)14(10-35-22)8-26-29-25/h1-2,5-6,10,12-13,16,18,31H,3-4,7-9H2,(H,27,28)/t12-,13+,16?,18?/m1/s1. The Balaban J connectivity index is 1.42. The van der Waals surface area contributed by atoms with Crippen LogP contribution in [-0.4, -0.2) is 36.2 Å². The Kier molecular flexibility index (Phi) is 5.32. The van der Waals surface area contributed by atoms with Crippen molar-refractivity contribution in [2.75, 3.05) is 5.32 Å². The fraction of sp³-hybridized carbons (Fsp3) is 0.391. The molecule has 1 aromatic heterocycles. The predicted molar refractivity (Wildman–Crippen MR) is 130 cm³/mol. The van der Waals surface area contributed by atoms with Gasteiger partial charge < -0.3 is 15.3 Å². The van der Waals surface area contributed by atoms with Gasteiger partial charge in [-0.05, 0) is 65.3 Å². The van der Waals surface area contributed by atoms with Crippen molar-refractivity contribution in [2.24, 2.45) is 27.3 Å². The second kappa shape index (κ2) is 8.32. The van der Waals surface area contributed by atoms with Crippen molar-refractivity contribution in [2.45, 2.75) is 43.3 Å². The zero-order valence-corrected chi connectivity index (χ0v) is 20.5. The number of carbonyl (C=O) groups is 1. The molecule has 0 radical (unpaired) electrons. The molecule has 10 nitrogen and oxygen atoms in total. The second-order valence-corrected chi connectivity index (χ2v) is 11.9. The molecule has 2 saturated carbocycles. The molecule has 36 heavy (non-hydrogen) atoms. The number of azide groups is 1. The lowest BCUT2D eigenvalue weighted by Crippen LogP contribution is -2.53. The monoisotopic (exact) mass is 528 g/mol. The van der Waals surface area contributed by atoms with Crippen LogP contribution in [0.1, 0.15) is 30.4 Å². The molecule has 3 heterocycles. The molecule has 0 saturated heterocycles. The molecule has 1 aromatic carbocycles. The largest absolute Gasteiger partial charge is 0.511 e. The summed E-state index contributed by atoms with van der Waals surface area (Å²) in [5.41, 5.74) is 9.51. The first-order chi connectivity index (χ1) is 17.3. The van der Waals surface area contributed by atoms with Gasteiger partial charge in [0, 0.05) is 23.4 Å². The molecule has 2 aliphatic carbocycles. The first-order valence-corrected chi connectivity index (χ1v) is 13.8. The smallest absolute Gasteiger partial charge is 0.287 e. The highest BCUT2D eigenvalue weighted by molar-refractivity contribution is 7.90. The quantitative estimate of drug-likeness (QED) is 0.334. The summed E-state index contributed by atoms with van der Waals surface area (Å²) in [6.45, 7) is 0.0557. The van der Waals surface area contributed by atoms with Crippen molar-refractivity contribution in [1.82, 2.24) is 4.90 Å². The van der Waals surface area contributed by atoms with Crippen molar-refractivity contribution in [3.8, 4) is 0 Å². The first-order valence-electron chi connectivity index (χ1n) is 11.5. The van der Waals surface area contributed by atoms with Gasteiger partial charge in [0.05, 0.1) is 6.54 Å². The van der Waals surface area contributed by atoms with Crippen LogP contribution in [0.5, 0.6) is 0 Å². The maximum atomic E-state index is 13.9. The van der Waals surface area contributed by atoms with Gasteiger partial charge in [-0.25, -0.2) is 4.39 Å². The number of rotatable bonds is 5. The minimum Gasteiger partial charge on any atom is -0.511 e. The predicted octanol–water partition coefficient (Wildman–Crippen LogP) is 4.48. The highest BCUT2D eigenvalue weighted by Gasteiger charge is 2.57. The third kappa shape index (κ3) is 3.49. The Morgan fingerprint density at radius 1 is 1.28 bits per heavy atom. The lowest BCUT2D eigenvalue weighted by molar-refractivity contribution is -0.134. The number of fused-ring (bicyclic) bond motifs is 6. The Labute approximate surface area is 209 Å². The summed E-state index contributed by atoms with van der Waals surface area (Å²) in [7, 11) is -4.22. The van der Waals surface area contributed by atoms with Gasteiger partial charge in [-0.3, -0.25) is 4.79 Å². The molecule has 2 aromatic rings. The highest BCUT2D eigenvalue weighted by atomic mass is 32.2. The molecule has 2 unspecified atom stereocenters. The molecule has 0 spiro atoms. The van der Waals surface area contributed by atoms with Crippen LogP contribution in [0.15, 0.2) is 55.4 Å². The number of halogens is 1. The van der Waals surface area contributed by atoms with Crippen LogP contribution in [0, 0.1) is 23.6 Å². The maximum Gasteiger partial charge on any atom is 0.287 e. The average Bonchev–Trinajstić information content (AvgIpc) is 3.56. The van der Waals surface area contributed by atoms with E-state index in [0.717, 1.165) is 36.2 Å². The molecule has 6 rings (SSSR count). The number of anilines is 1. The number of nitrogens with zero attached hydrogens (tertiary/aromatic N) is 5. The van der Waals surface area contributed by atoms with Gasteiger partial charge in [0.2, 0.25) is 0 Å². The molecule has 2 bridgehead atoms. The number of carbonyl (C=O) groups excluding carboxylic acids is 1. The lowest BCUT2D eigenvalue weighted by Gasteiger charge is -2.44. The molecule has 2 N–H and O–H groups in total. The molecule has 2 aliphatic heterocycles. The van der Waals surface area contributed by atoms with Crippen LogP contribution in [-0.2, 0) is 27.9 Å². The molecule has 4 atom stereocenters. The zero-order chi connectivity index (χ0) is 25.2. The van der Waals surface area contributed by atoms with E-state index in [2.05, 4.69) is 19.7 Å². The lowest BCUT2D eigenvalue weighted by atomic mass is 9.77. The number of amides is 1. The number of aliphatic hydroxyl groups is 1. The van der Waals surface area contributed by atoms with Crippen LogP contribution in [0.2, 0.25) is 0 Å². The topological polar surface area (TPSA) is 148 Å². The van der Waals surface area contributed by atoms with E-state index in [9.17, 15) is 22.7 Å². The third-order valence-corrected chi connectivity index (χ3v) is 10.1. The Morgan fingerprint density at radius 2 is 2.03 bits per heavy atom. The van der Waals surface area contributed by atoms with E-state index in [4.69, 9.17) is 5.53 Å². The van der Waals surface area contributed by atoms with Gasteiger partial charge >= 0.3 is 0 Å². The average molecular weight is 529 g/mol. The molecule has 1 amide bonds. The number of sulfonamides is 1. The van der Waals surface area contributed by atoms with Crippen molar-refractivity contribution < 1.29 is 22.7 Å². The summed E-state index contributed by atoms with van der Waals surface area (Å²) in [5, 5.41) is 19.5. The summed E-state index contributed by atoms with van der Waals surface area (Å²) in [4.78, 5) is 18.1. The van der Waals surface area contributed by atoms with Crippen LogP contribution < -0.4 is 5.32 Å². The van der Waals surface area contributed by atoms with Crippen molar-refractivity contribution in [3.05, 3.63) is 68.4 Å². The summed E-state index contributed by atoms with van der Waals surface area (Å²) in [6.07, 6.45) is 2.77. The van der Waals surface area contributed by atoms with Crippen LogP contribution in [0.4, 0.5) is 9.39 Å². The van der Waals surface area contributed by atoms with Gasteiger partial charge in [-0.15, -0.1) is 15.7 Å². The summed E-state index contributed by atoms with van der Waals surface area (Å²) in [5.74, 6) is -1.11. The molecule has 186 valence electrons. The molecule has 4 aliphatic rings. The summed E-state index contributed by atoms with van der Waals surface area (Å²) in [6, 6.07) is 5.70. The number of amidine groups is 1. The minimum absolute atomic E-state index is 0.0898. The number of nitrogens with one attached hydrogen (secondary N) is 1. The molecule has 2 fully saturated rings. The zero-order valence-electron chi connectivity index (χ0n) is 18.8. The Hall–Kier alpha value is -3.41. The fourth-order valence-electron chi connectivity index (χ4n) is 6.21. The van der Waals surface area contributed by atoms with Crippen LogP contribution >= 0.6 is 11.3 Å². The van der Waals surface area contributed by atoms with Gasteiger partial charge in [-0.1, -0.05) is 17.2 Å². The second-order valence-electron chi connectivity index (χ2n) is 9.52. The SMILES string of the molecule is [N-]=[N+]=NCc1csc2c1S(=O)(=O)N=C(C1=C(O)C3C([C@H]4CC[C@@H]3C4)N(Cc3ccc(F)cc3)C1=O)N2. The first kappa shape index (κ1) is 23.0. The van der Waals surface area contributed by atoms with Crippen molar-refractivity contribution in [1.29, 1.82) is 0 Å². The summed E-state index contributed by atoms with van der Waals surface area (Å²) < 4.78 is 43.6. The molecule has 13 heteroatoms.